The molecule has 0 N–H and O–H groups in total. The van der Waals surface area contributed by atoms with Crippen LogP contribution in [0.1, 0.15) is 33.3 Å². The lowest BCUT2D eigenvalue weighted by molar-refractivity contribution is 0.00578. The zero-order valence-electron chi connectivity index (χ0n) is 13.9. The van der Waals surface area contributed by atoms with Crippen LogP contribution in [0.15, 0.2) is 47.5 Å². The van der Waals surface area contributed by atoms with Crippen molar-refractivity contribution in [2.75, 3.05) is 0 Å². The maximum Gasteiger partial charge on any atom is 0.494 e. The summed E-state index contributed by atoms with van der Waals surface area (Å²) in [6, 6.07) is 9.69. The molecule has 0 radical (unpaired) electrons. The minimum atomic E-state index is -0.366. The monoisotopic (exact) mass is 312 g/mol. The van der Waals surface area contributed by atoms with Crippen LogP contribution in [0.25, 0.3) is 0 Å². The van der Waals surface area contributed by atoms with Gasteiger partial charge in [-0.3, -0.25) is 4.57 Å². The highest BCUT2D eigenvalue weighted by Gasteiger charge is 2.51. The number of aromatic nitrogens is 2. The number of benzene rings is 1. The van der Waals surface area contributed by atoms with Gasteiger partial charge >= 0.3 is 12.8 Å². The molecule has 2 aromatic rings. The van der Waals surface area contributed by atoms with Crippen LogP contribution in [-0.4, -0.2) is 27.9 Å². The van der Waals surface area contributed by atoms with Crippen molar-refractivity contribution in [3.05, 3.63) is 58.8 Å². The molecule has 0 atom stereocenters. The minimum absolute atomic E-state index is 0.248. The fourth-order valence-electron chi connectivity index (χ4n) is 2.46. The van der Waals surface area contributed by atoms with Crippen molar-refractivity contribution in [1.82, 2.24) is 9.55 Å². The van der Waals surface area contributed by atoms with Crippen molar-refractivity contribution in [3.63, 3.8) is 0 Å². The fraction of sp³-hybridized carbons (Fsp3) is 0.412. The Morgan fingerprint density at radius 3 is 2.26 bits per heavy atom. The van der Waals surface area contributed by atoms with Crippen LogP contribution in [0, 0.1) is 0 Å². The van der Waals surface area contributed by atoms with E-state index < -0.39 is 0 Å². The summed E-state index contributed by atoms with van der Waals surface area (Å²) in [5.41, 5.74) is 1.06. The molecule has 1 aliphatic rings. The fourth-order valence-corrected chi connectivity index (χ4v) is 2.46. The standard InChI is InChI=1S/C17H21BN2O3/c1-16(2)17(3,4)23-18(22-16)14-8-6-13(7-9-14)12-20-11-5-10-19-15(20)21/h5-11H,12H2,1-4H3. The van der Waals surface area contributed by atoms with E-state index in [1.165, 1.54) is 6.20 Å². The first-order valence-corrected chi connectivity index (χ1v) is 7.74. The Bertz CT molecular complexity index is 737. The third-order valence-corrected chi connectivity index (χ3v) is 4.64. The highest BCUT2D eigenvalue weighted by Crippen LogP contribution is 2.36. The Hall–Kier alpha value is -1.92. The summed E-state index contributed by atoms with van der Waals surface area (Å²) >= 11 is 0. The quantitative estimate of drug-likeness (QED) is 0.808. The van der Waals surface area contributed by atoms with Crippen molar-refractivity contribution < 1.29 is 9.31 Å². The number of rotatable bonds is 3. The van der Waals surface area contributed by atoms with Crippen molar-refractivity contribution in [2.24, 2.45) is 0 Å². The van der Waals surface area contributed by atoms with E-state index in [0.29, 0.717) is 6.54 Å². The second-order valence-electron chi connectivity index (χ2n) is 6.86. The van der Waals surface area contributed by atoms with Crippen LogP contribution in [0.5, 0.6) is 0 Å². The third kappa shape index (κ3) is 3.09. The van der Waals surface area contributed by atoms with Crippen LogP contribution in [-0.2, 0) is 15.9 Å². The second kappa shape index (κ2) is 5.62. The summed E-state index contributed by atoms with van der Waals surface area (Å²) in [6.45, 7) is 8.65. The second-order valence-corrected chi connectivity index (χ2v) is 6.86. The average Bonchev–Trinajstić information content (AvgIpc) is 2.71. The summed E-state index contributed by atoms with van der Waals surface area (Å²) < 4.78 is 13.7. The SMILES string of the molecule is CC1(C)OB(c2ccc(Cn3cccnc3=O)cc2)OC1(C)C. The molecule has 1 aromatic heterocycles. The van der Waals surface area contributed by atoms with Gasteiger partial charge in [-0.05, 0) is 44.8 Å². The first kappa shape index (κ1) is 16.0. The summed E-state index contributed by atoms with van der Waals surface area (Å²) in [4.78, 5) is 15.4. The Balaban J connectivity index is 1.76. The Morgan fingerprint density at radius 2 is 1.70 bits per heavy atom. The summed E-state index contributed by atoms with van der Waals surface area (Å²) in [7, 11) is -0.366. The zero-order chi connectivity index (χ0) is 16.7. The molecule has 23 heavy (non-hydrogen) atoms. The molecule has 1 aromatic carbocycles. The van der Waals surface area contributed by atoms with Crippen LogP contribution >= 0.6 is 0 Å². The maximum atomic E-state index is 11.7. The highest BCUT2D eigenvalue weighted by atomic mass is 16.7. The van der Waals surface area contributed by atoms with Crippen molar-refractivity contribution >= 4 is 12.6 Å². The molecule has 0 aliphatic carbocycles. The van der Waals surface area contributed by atoms with E-state index in [-0.39, 0.29) is 24.0 Å². The van der Waals surface area contributed by atoms with Gasteiger partial charge in [0.05, 0.1) is 17.7 Å². The molecule has 1 aliphatic heterocycles. The van der Waals surface area contributed by atoms with Crippen molar-refractivity contribution in [2.45, 2.75) is 45.4 Å². The van der Waals surface area contributed by atoms with E-state index in [9.17, 15) is 4.79 Å². The van der Waals surface area contributed by atoms with Crippen molar-refractivity contribution in [3.8, 4) is 0 Å². The van der Waals surface area contributed by atoms with E-state index in [0.717, 1.165) is 11.0 Å². The summed E-state index contributed by atoms with van der Waals surface area (Å²) in [5, 5.41) is 0. The molecular formula is C17H21BN2O3. The molecular weight excluding hydrogens is 291 g/mol. The number of nitrogens with zero attached hydrogens (tertiary/aromatic N) is 2. The topological polar surface area (TPSA) is 53.4 Å². The molecule has 2 heterocycles. The predicted molar refractivity (Wildman–Crippen MR) is 89.8 cm³/mol. The smallest absolute Gasteiger partial charge is 0.399 e. The number of hydrogen-bond donors (Lipinski definition) is 0. The molecule has 0 bridgehead atoms. The largest absolute Gasteiger partial charge is 0.494 e. The maximum absolute atomic E-state index is 11.7. The lowest BCUT2D eigenvalue weighted by Gasteiger charge is -2.32. The molecule has 0 spiro atoms. The van der Waals surface area contributed by atoms with Gasteiger partial charge in [0, 0.05) is 12.4 Å². The lowest BCUT2D eigenvalue weighted by Crippen LogP contribution is -2.41. The Kier molecular flexibility index (Phi) is 3.90. The summed E-state index contributed by atoms with van der Waals surface area (Å²) in [5.74, 6) is 0. The molecule has 1 fully saturated rings. The predicted octanol–water partition coefficient (Wildman–Crippen LogP) is 1.59. The molecule has 0 unspecified atom stereocenters. The first-order valence-electron chi connectivity index (χ1n) is 7.74. The van der Waals surface area contributed by atoms with Crippen LogP contribution in [0.2, 0.25) is 0 Å². The minimum Gasteiger partial charge on any atom is -0.399 e. The molecule has 0 saturated carbocycles. The normalized spacial score (nSPS) is 19.0. The lowest BCUT2D eigenvalue weighted by atomic mass is 9.79. The molecule has 5 nitrogen and oxygen atoms in total. The molecule has 6 heteroatoms. The van der Waals surface area contributed by atoms with Gasteiger partial charge in [0.15, 0.2) is 0 Å². The van der Waals surface area contributed by atoms with Crippen LogP contribution in [0.3, 0.4) is 0 Å². The van der Waals surface area contributed by atoms with Gasteiger partial charge in [0.2, 0.25) is 0 Å². The van der Waals surface area contributed by atoms with Gasteiger partial charge < -0.3 is 9.31 Å². The average molecular weight is 312 g/mol. The van der Waals surface area contributed by atoms with Crippen molar-refractivity contribution in [1.29, 1.82) is 0 Å². The van der Waals surface area contributed by atoms with Crippen LogP contribution in [0.4, 0.5) is 0 Å². The Labute approximate surface area is 136 Å². The van der Waals surface area contributed by atoms with Gasteiger partial charge in [-0.1, -0.05) is 24.3 Å². The Morgan fingerprint density at radius 1 is 1.09 bits per heavy atom. The zero-order valence-corrected chi connectivity index (χ0v) is 13.9. The van der Waals surface area contributed by atoms with E-state index >= 15 is 0 Å². The van der Waals surface area contributed by atoms with E-state index in [2.05, 4.69) is 4.98 Å². The highest BCUT2D eigenvalue weighted by molar-refractivity contribution is 6.62. The number of hydrogen-bond acceptors (Lipinski definition) is 4. The van der Waals surface area contributed by atoms with E-state index in [4.69, 9.17) is 9.31 Å². The van der Waals surface area contributed by atoms with Gasteiger partial charge in [-0.2, -0.15) is 0 Å². The molecule has 120 valence electrons. The molecule has 0 amide bonds. The van der Waals surface area contributed by atoms with Gasteiger partial charge in [0.25, 0.3) is 0 Å². The molecule has 1 saturated heterocycles. The van der Waals surface area contributed by atoms with Gasteiger partial charge in [0.1, 0.15) is 0 Å². The molecule has 3 rings (SSSR count). The van der Waals surface area contributed by atoms with Gasteiger partial charge in [-0.15, -0.1) is 0 Å². The van der Waals surface area contributed by atoms with E-state index in [1.54, 1.807) is 16.8 Å². The van der Waals surface area contributed by atoms with E-state index in [1.807, 2.05) is 52.0 Å². The summed E-state index contributed by atoms with van der Waals surface area (Å²) in [6.07, 6.45) is 3.23. The van der Waals surface area contributed by atoms with Gasteiger partial charge in [-0.25, -0.2) is 9.78 Å². The first-order chi connectivity index (χ1) is 10.8. The third-order valence-electron chi connectivity index (χ3n) is 4.64. The van der Waals surface area contributed by atoms with Crippen LogP contribution < -0.4 is 11.2 Å².